The number of rotatable bonds is 2. The van der Waals surface area contributed by atoms with Crippen LogP contribution in [-0.4, -0.2) is 17.4 Å². The van der Waals surface area contributed by atoms with Crippen molar-refractivity contribution in [2.24, 2.45) is 0 Å². The molecule has 0 aliphatic heterocycles. The first kappa shape index (κ1) is 12.8. The summed E-state index contributed by atoms with van der Waals surface area (Å²) in [6.07, 6.45) is -4.57. The Kier molecular flexibility index (Phi) is 3.74. The summed E-state index contributed by atoms with van der Waals surface area (Å²) in [5, 5.41) is 1.96. The molecule has 0 saturated carbocycles. The first-order valence-electron chi connectivity index (χ1n) is 4.38. The largest absolute Gasteiger partial charge is 0.433 e. The molecule has 1 amide bonds. The van der Waals surface area contributed by atoms with Crippen LogP contribution in [0.5, 0.6) is 0 Å². The van der Waals surface area contributed by atoms with Crippen molar-refractivity contribution in [3.8, 4) is 0 Å². The van der Waals surface area contributed by atoms with Crippen molar-refractivity contribution >= 4 is 17.5 Å². The average molecular weight is 253 g/mol. The fourth-order valence-electron chi connectivity index (χ4n) is 1.02. The van der Waals surface area contributed by atoms with Gasteiger partial charge in [0.25, 0.3) is 5.91 Å². The van der Waals surface area contributed by atoms with Crippen LogP contribution in [-0.2, 0) is 6.18 Å². The topological polar surface area (TPSA) is 42.0 Å². The van der Waals surface area contributed by atoms with Gasteiger partial charge in [-0.1, -0.05) is 11.6 Å². The average Bonchev–Trinajstić information content (AvgIpc) is 2.16. The van der Waals surface area contributed by atoms with Crippen LogP contribution in [0.2, 0.25) is 5.15 Å². The van der Waals surface area contributed by atoms with Gasteiger partial charge in [0.2, 0.25) is 0 Å². The molecular weight excluding hydrogens is 245 g/mol. The third-order valence-electron chi connectivity index (χ3n) is 1.72. The van der Waals surface area contributed by atoms with E-state index in [2.05, 4.69) is 10.3 Å². The number of carbonyl (C=O) groups is 1. The maximum atomic E-state index is 12.2. The molecule has 0 saturated heterocycles. The lowest BCUT2D eigenvalue weighted by molar-refractivity contribution is -0.141. The highest BCUT2D eigenvalue weighted by Gasteiger charge is 2.33. The van der Waals surface area contributed by atoms with Gasteiger partial charge < -0.3 is 5.32 Å². The van der Waals surface area contributed by atoms with Gasteiger partial charge in [-0.3, -0.25) is 4.79 Å². The molecule has 0 aliphatic carbocycles. The molecule has 0 aromatic carbocycles. The van der Waals surface area contributed by atoms with Crippen LogP contribution in [0.3, 0.4) is 0 Å². The zero-order valence-electron chi connectivity index (χ0n) is 8.23. The van der Waals surface area contributed by atoms with E-state index in [1.54, 1.807) is 6.92 Å². The number of nitrogens with zero attached hydrogens (tertiary/aromatic N) is 1. The summed E-state index contributed by atoms with van der Waals surface area (Å²) >= 11 is 5.49. The van der Waals surface area contributed by atoms with Gasteiger partial charge in [-0.05, 0) is 19.1 Å². The predicted octanol–water partition coefficient (Wildman–Crippen LogP) is 2.50. The van der Waals surface area contributed by atoms with Crippen molar-refractivity contribution in [1.82, 2.24) is 10.3 Å². The molecule has 0 bridgehead atoms. The molecule has 1 aromatic rings. The van der Waals surface area contributed by atoms with Crippen LogP contribution < -0.4 is 5.32 Å². The molecule has 0 atom stereocenters. The number of carbonyl (C=O) groups excluding carboxylic acids is 1. The monoisotopic (exact) mass is 252 g/mol. The molecule has 1 aromatic heterocycles. The second kappa shape index (κ2) is 4.69. The molecule has 1 heterocycles. The van der Waals surface area contributed by atoms with Crippen molar-refractivity contribution in [3.63, 3.8) is 0 Å². The number of pyridine rings is 1. The molecule has 0 radical (unpaired) electrons. The summed E-state index contributed by atoms with van der Waals surface area (Å²) < 4.78 is 36.7. The lowest BCUT2D eigenvalue weighted by atomic mass is 10.2. The van der Waals surface area contributed by atoms with E-state index in [-0.39, 0.29) is 5.56 Å². The maximum Gasteiger partial charge on any atom is 0.433 e. The third kappa shape index (κ3) is 2.85. The van der Waals surface area contributed by atoms with Crippen molar-refractivity contribution in [2.45, 2.75) is 13.1 Å². The summed E-state index contributed by atoms with van der Waals surface area (Å²) in [4.78, 5) is 14.4. The van der Waals surface area contributed by atoms with E-state index in [1.807, 2.05) is 0 Å². The zero-order chi connectivity index (χ0) is 12.3. The third-order valence-corrected chi connectivity index (χ3v) is 2.01. The molecule has 1 N–H and O–H groups in total. The number of alkyl halides is 3. The Hall–Kier alpha value is -1.30. The maximum absolute atomic E-state index is 12.2. The van der Waals surface area contributed by atoms with E-state index >= 15 is 0 Å². The van der Waals surface area contributed by atoms with Gasteiger partial charge in [0.15, 0.2) is 0 Å². The number of hydrogen-bond acceptors (Lipinski definition) is 2. The van der Waals surface area contributed by atoms with Gasteiger partial charge in [0, 0.05) is 6.54 Å². The van der Waals surface area contributed by atoms with Gasteiger partial charge in [-0.2, -0.15) is 13.2 Å². The molecule has 7 heteroatoms. The molecule has 0 aliphatic rings. The number of amides is 1. The van der Waals surface area contributed by atoms with Crippen LogP contribution in [0.15, 0.2) is 12.1 Å². The minimum Gasteiger partial charge on any atom is -0.352 e. The Morgan fingerprint density at radius 2 is 2.12 bits per heavy atom. The van der Waals surface area contributed by atoms with E-state index in [4.69, 9.17) is 11.6 Å². The lowest BCUT2D eigenvalue weighted by Crippen LogP contribution is -2.23. The van der Waals surface area contributed by atoms with Gasteiger partial charge >= 0.3 is 6.18 Å². The lowest BCUT2D eigenvalue weighted by Gasteiger charge is -2.08. The van der Waals surface area contributed by atoms with Crippen LogP contribution in [0.25, 0.3) is 0 Å². The smallest absolute Gasteiger partial charge is 0.352 e. The van der Waals surface area contributed by atoms with E-state index in [1.165, 1.54) is 0 Å². The highest BCUT2D eigenvalue weighted by atomic mass is 35.5. The summed E-state index contributed by atoms with van der Waals surface area (Å²) in [6, 6.07) is 1.72. The number of hydrogen-bond donors (Lipinski definition) is 1. The summed E-state index contributed by atoms with van der Waals surface area (Å²) in [5.74, 6) is -0.547. The normalized spacial score (nSPS) is 11.3. The Morgan fingerprint density at radius 1 is 1.50 bits per heavy atom. The fourth-order valence-corrected chi connectivity index (χ4v) is 1.26. The Bertz CT molecular complexity index is 406. The van der Waals surface area contributed by atoms with Crippen LogP contribution in [0.4, 0.5) is 13.2 Å². The molecule has 0 spiro atoms. The quantitative estimate of drug-likeness (QED) is 0.822. The minimum absolute atomic E-state index is 0.0727. The highest BCUT2D eigenvalue weighted by molar-refractivity contribution is 6.32. The molecule has 0 fully saturated rings. The Labute approximate surface area is 94.6 Å². The molecule has 88 valence electrons. The molecule has 0 unspecified atom stereocenters. The SMILES string of the molecule is CCNC(=O)c1ccc(C(F)(F)F)nc1Cl. The summed E-state index contributed by atoms with van der Waals surface area (Å²) in [7, 11) is 0. The molecule has 3 nitrogen and oxygen atoms in total. The molecule has 16 heavy (non-hydrogen) atoms. The van der Waals surface area contributed by atoms with Gasteiger partial charge in [-0.25, -0.2) is 4.98 Å². The first-order valence-corrected chi connectivity index (χ1v) is 4.76. The van der Waals surface area contributed by atoms with Gasteiger partial charge in [0.1, 0.15) is 10.8 Å². The van der Waals surface area contributed by atoms with Crippen LogP contribution in [0.1, 0.15) is 23.0 Å². The van der Waals surface area contributed by atoms with Gasteiger partial charge in [-0.15, -0.1) is 0 Å². The standard InChI is InChI=1S/C9H8ClF3N2O/c1-2-14-8(16)5-3-4-6(9(11,12)13)15-7(5)10/h3-4H,2H2,1H3,(H,14,16). The van der Waals surface area contributed by atoms with Crippen LogP contribution in [0, 0.1) is 0 Å². The number of aromatic nitrogens is 1. The number of halogens is 4. The van der Waals surface area contributed by atoms with Crippen molar-refractivity contribution in [3.05, 3.63) is 28.5 Å². The van der Waals surface area contributed by atoms with E-state index in [0.29, 0.717) is 6.54 Å². The second-order valence-electron chi connectivity index (χ2n) is 2.89. The van der Waals surface area contributed by atoms with Gasteiger partial charge in [0.05, 0.1) is 5.56 Å². The first-order chi connectivity index (χ1) is 7.36. The highest BCUT2D eigenvalue weighted by Crippen LogP contribution is 2.29. The summed E-state index contributed by atoms with van der Waals surface area (Å²) in [6.45, 7) is 2.04. The molecule has 1 rings (SSSR count). The Morgan fingerprint density at radius 3 is 2.56 bits per heavy atom. The predicted molar refractivity (Wildman–Crippen MR) is 52.3 cm³/mol. The minimum atomic E-state index is -4.57. The summed E-state index contributed by atoms with van der Waals surface area (Å²) in [5.41, 5.74) is -1.19. The number of nitrogens with one attached hydrogen (secondary N) is 1. The molecular formula is C9H8ClF3N2O. The van der Waals surface area contributed by atoms with Crippen molar-refractivity contribution in [2.75, 3.05) is 6.54 Å². The Balaban J connectivity index is 3.05. The zero-order valence-corrected chi connectivity index (χ0v) is 8.99. The van der Waals surface area contributed by atoms with Crippen molar-refractivity contribution in [1.29, 1.82) is 0 Å². The van der Waals surface area contributed by atoms with E-state index in [0.717, 1.165) is 12.1 Å². The van der Waals surface area contributed by atoms with E-state index < -0.39 is 22.9 Å². The fraction of sp³-hybridized carbons (Fsp3) is 0.333. The second-order valence-corrected chi connectivity index (χ2v) is 3.25. The van der Waals surface area contributed by atoms with E-state index in [9.17, 15) is 18.0 Å². The van der Waals surface area contributed by atoms with Crippen molar-refractivity contribution < 1.29 is 18.0 Å². The van der Waals surface area contributed by atoms with Crippen LogP contribution >= 0.6 is 11.6 Å².